The second-order valence-corrected chi connectivity index (χ2v) is 7.06. The largest absolute Gasteiger partial charge is 0.477 e. The van der Waals surface area contributed by atoms with Crippen molar-refractivity contribution in [2.75, 3.05) is 0 Å². The van der Waals surface area contributed by atoms with Crippen molar-refractivity contribution >= 4 is 40.5 Å². The Labute approximate surface area is 137 Å². The van der Waals surface area contributed by atoms with Crippen LogP contribution in [0.1, 0.15) is 39.8 Å². The number of thiazole rings is 1. The number of carboxylic acids is 1. The predicted molar refractivity (Wildman–Crippen MR) is 86.9 cm³/mol. The van der Waals surface area contributed by atoms with E-state index in [0.29, 0.717) is 39.4 Å². The van der Waals surface area contributed by atoms with Crippen LogP contribution in [0.2, 0.25) is 10.0 Å². The molecule has 3 nitrogen and oxygen atoms in total. The van der Waals surface area contributed by atoms with E-state index in [1.165, 1.54) is 11.3 Å². The SMILES string of the molecule is CC(C)Cc1nc(Cc2c(Cl)cccc2Cl)sc1C(=O)O. The van der Waals surface area contributed by atoms with Crippen LogP contribution in [0.15, 0.2) is 18.2 Å². The van der Waals surface area contributed by atoms with Crippen LogP contribution in [0.25, 0.3) is 0 Å². The van der Waals surface area contributed by atoms with Crippen molar-refractivity contribution in [1.29, 1.82) is 0 Å². The summed E-state index contributed by atoms with van der Waals surface area (Å²) in [5, 5.41) is 11.1. The van der Waals surface area contributed by atoms with E-state index in [1.807, 2.05) is 13.8 Å². The number of carboxylic acid groups (broad SMARTS) is 1. The van der Waals surface area contributed by atoms with Gasteiger partial charge in [-0.2, -0.15) is 0 Å². The predicted octanol–water partition coefficient (Wildman–Crippen LogP) is 4.94. The Kier molecular flexibility index (Phi) is 5.25. The van der Waals surface area contributed by atoms with Crippen molar-refractivity contribution in [3.8, 4) is 0 Å². The number of rotatable bonds is 5. The van der Waals surface area contributed by atoms with Gasteiger partial charge in [-0.15, -0.1) is 11.3 Å². The molecule has 0 saturated heterocycles. The van der Waals surface area contributed by atoms with Crippen LogP contribution in [0.3, 0.4) is 0 Å². The lowest BCUT2D eigenvalue weighted by Crippen LogP contribution is -2.02. The topological polar surface area (TPSA) is 50.2 Å². The fraction of sp³-hybridized carbons (Fsp3) is 0.333. The Bertz CT molecular complexity index is 647. The number of carbonyl (C=O) groups is 1. The second kappa shape index (κ2) is 6.77. The summed E-state index contributed by atoms with van der Waals surface area (Å²) >= 11 is 13.5. The summed E-state index contributed by atoms with van der Waals surface area (Å²) in [6.07, 6.45) is 1.09. The minimum Gasteiger partial charge on any atom is -0.477 e. The second-order valence-electron chi connectivity index (χ2n) is 5.16. The van der Waals surface area contributed by atoms with E-state index in [2.05, 4.69) is 4.98 Å². The smallest absolute Gasteiger partial charge is 0.347 e. The van der Waals surface area contributed by atoms with E-state index in [-0.39, 0.29) is 0 Å². The third-order valence-corrected chi connectivity index (χ3v) is 4.72. The number of aromatic nitrogens is 1. The zero-order valence-electron chi connectivity index (χ0n) is 11.7. The monoisotopic (exact) mass is 343 g/mol. The van der Waals surface area contributed by atoms with E-state index < -0.39 is 5.97 Å². The normalized spacial score (nSPS) is 11.1. The van der Waals surface area contributed by atoms with Crippen molar-refractivity contribution in [2.24, 2.45) is 5.92 Å². The number of nitrogens with zero attached hydrogens (tertiary/aromatic N) is 1. The van der Waals surface area contributed by atoms with Gasteiger partial charge in [0.05, 0.1) is 10.7 Å². The lowest BCUT2D eigenvalue weighted by molar-refractivity contribution is 0.0700. The van der Waals surface area contributed by atoms with Crippen molar-refractivity contribution in [3.05, 3.63) is 49.4 Å². The standard InChI is InChI=1S/C15H15Cl2NO2S/c1-8(2)6-12-14(15(19)20)21-13(18-12)7-9-10(16)4-3-5-11(9)17/h3-5,8H,6-7H2,1-2H3,(H,19,20). The van der Waals surface area contributed by atoms with E-state index in [1.54, 1.807) is 18.2 Å². The highest BCUT2D eigenvalue weighted by Crippen LogP contribution is 2.30. The minimum atomic E-state index is -0.931. The number of halogens is 2. The molecule has 1 N–H and O–H groups in total. The van der Waals surface area contributed by atoms with Gasteiger partial charge in [-0.05, 0) is 30.0 Å². The average Bonchev–Trinajstić information content (AvgIpc) is 2.76. The van der Waals surface area contributed by atoms with E-state index in [9.17, 15) is 9.90 Å². The maximum absolute atomic E-state index is 11.3. The third-order valence-electron chi connectivity index (χ3n) is 2.93. The first kappa shape index (κ1) is 16.3. The van der Waals surface area contributed by atoms with Gasteiger partial charge < -0.3 is 5.11 Å². The van der Waals surface area contributed by atoms with Crippen molar-refractivity contribution < 1.29 is 9.90 Å². The molecule has 6 heteroatoms. The lowest BCUT2D eigenvalue weighted by Gasteiger charge is -2.04. The number of benzene rings is 1. The van der Waals surface area contributed by atoms with Crippen LogP contribution < -0.4 is 0 Å². The highest BCUT2D eigenvalue weighted by atomic mass is 35.5. The number of hydrogen-bond acceptors (Lipinski definition) is 3. The van der Waals surface area contributed by atoms with Crippen LogP contribution in [0, 0.1) is 5.92 Å². The summed E-state index contributed by atoms with van der Waals surface area (Å²) < 4.78 is 0. The van der Waals surface area contributed by atoms with Crippen LogP contribution in [-0.4, -0.2) is 16.1 Å². The highest BCUT2D eigenvalue weighted by molar-refractivity contribution is 7.13. The maximum atomic E-state index is 11.3. The Hall–Kier alpha value is -1.10. The van der Waals surface area contributed by atoms with Gasteiger partial charge in [0.1, 0.15) is 4.88 Å². The lowest BCUT2D eigenvalue weighted by atomic mass is 10.1. The van der Waals surface area contributed by atoms with Crippen LogP contribution in [0.4, 0.5) is 0 Å². The molecule has 0 saturated carbocycles. The molecule has 0 unspecified atom stereocenters. The third kappa shape index (κ3) is 3.96. The van der Waals surface area contributed by atoms with Crippen molar-refractivity contribution in [3.63, 3.8) is 0 Å². The first-order valence-corrected chi connectivity index (χ1v) is 8.10. The molecule has 21 heavy (non-hydrogen) atoms. The van der Waals surface area contributed by atoms with E-state index in [0.717, 1.165) is 10.6 Å². The number of aromatic carboxylic acids is 1. The summed E-state index contributed by atoms with van der Waals surface area (Å²) in [4.78, 5) is 16.1. The molecular formula is C15H15Cl2NO2S. The molecule has 1 aromatic heterocycles. The molecule has 0 atom stereocenters. The van der Waals surface area contributed by atoms with Crippen LogP contribution in [-0.2, 0) is 12.8 Å². The van der Waals surface area contributed by atoms with Crippen LogP contribution in [0.5, 0.6) is 0 Å². The zero-order chi connectivity index (χ0) is 15.6. The molecule has 2 aromatic rings. The molecule has 112 valence electrons. The van der Waals surface area contributed by atoms with Gasteiger partial charge in [0, 0.05) is 16.5 Å². The fourth-order valence-electron chi connectivity index (χ4n) is 2.02. The molecule has 0 aliphatic heterocycles. The van der Waals surface area contributed by atoms with Crippen LogP contribution >= 0.6 is 34.5 Å². The summed E-state index contributed by atoms with van der Waals surface area (Å²) in [5.41, 5.74) is 1.42. The Morgan fingerprint density at radius 3 is 2.48 bits per heavy atom. The maximum Gasteiger partial charge on any atom is 0.347 e. The van der Waals surface area contributed by atoms with Gasteiger partial charge in [0.15, 0.2) is 0 Å². The summed E-state index contributed by atoms with van der Waals surface area (Å²) in [7, 11) is 0. The quantitative estimate of drug-likeness (QED) is 0.836. The average molecular weight is 344 g/mol. The molecule has 0 spiro atoms. The van der Waals surface area contributed by atoms with Gasteiger partial charge in [-0.1, -0.05) is 43.1 Å². The molecular weight excluding hydrogens is 329 g/mol. The van der Waals surface area contributed by atoms with Crippen molar-refractivity contribution in [1.82, 2.24) is 4.98 Å². The zero-order valence-corrected chi connectivity index (χ0v) is 14.0. The van der Waals surface area contributed by atoms with Gasteiger partial charge in [-0.3, -0.25) is 0 Å². The molecule has 1 aromatic carbocycles. The Morgan fingerprint density at radius 1 is 1.33 bits per heavy atom. The highest BCUT2D eigenvalue weighted by Gasteiger charge is 2.19. The van der Waals surface area contributed by atoms with E-state index in [4.69, 9.17) is 23.2 Å². The summed E-state index contributed by atoms with van der Waals surface area (Å²) in [6.45, 7) is 4.07. The molecule has 0 bridgehead atoms. The van der Waals surface area contributed by atoms with Gasteiger partial charge >= 0.3 is 5.97 Å². The molecule has 0 fully saturated rings. The first-order valence-electron chi connectivity index (χ1n) is 6.53. The van der Waals surface area contributed by atoms with Gasteiger partial charge in [0.25, 0.3) is 0 Å². The van der Waals surface area contributed by atoms with Crippen molar-refractivity contribution in [2.45, 2.75) is 26.7 Å². The molecule has 0 aliphatic carbocycles. The first-order chi connectivity index (χ1) is 9.88. The Balaban J connectivity index is 2.35. The molecule has 0 amide bonds. The van der Waals surface area contributed by atoms with Gasteiger partial charge in [0.2, 0.25) is 0 Å². The molecule has 0 radical (unpaired) electrons. The van der Waals surface area contributed by atoms with Gasteiger partial charge in [-0.25, -0.2) is 9.78 Å². The number of hydrogen-bond donors (Lipinski definition) is 1. The summed E-state index contributed by atoms with van der Waals surface area (Å²) in [5.74, 6) is -0.582. The molecule has 0 aliphatic rings. The Morgan fingerprint density at radius 2 is 1.95 bits per heavy atom. The van der Waals surface area contributed by atoms with E-state index >= 15 is 0 Å². The summed E-state index contributed by atoms with van der Waals surface area (Å²) in [6, 6.07) is 5.32. The minimum absolute atomic E-state index is 0.307. The fourth-order valence-corrected chi connectivity index (χ4v) is 3.49. The molecule has 1 heterocycles. The molecule has 2 rings (SSSR count).